The second-order valence-electron chi connectivity index (χ2n) is 4.16. The van der Waals surface area contributed by atoms with Gasteiger partial charge >= 0.3 is 6.03 Å². The van der Waals surface area contributed by atoms with Gasteiger partial charge in [0, 0.05) is 12.6 Å². The number of rotatable bonds is 1. The molecule has 1 aliphatic heterocycles. The van der Waals surface area contributed by atoms with Crippen molar-refractivity contribution in [1.82, 2.24) is 9.88 Å². The van der Waals surface area contributed by atoms with Gasteiger partial charge in [0.25, 0.3) is 0 Å². The molecule has 0 saturated carbocycles. The lowest BCUT2D eigenvalue weighted by molar-refractivity contribution is 0.0797. The van der Waals surface area contributed by atoms with Gasteiger partial charge in [-0.3, -0.25) is 5.32 Å². The Morgan fingerprint density at radius 2 is 2.31 bits per heavy atom. The quantitative estimate of drug-likeness (QED) is 0.792. The van der Waals surface area contributed by atoms with Crippen molar-refractivity contribution in [3.05, 3.63) is 24.1 Å². The fourth-order valence-corrected chi connectivity index (χ4v) is 1.70. The van der Waals surface area contributed by atoms with Crippen molar-refractivity contribution in [2.24, 2.45) is 5.92 Å². The Labute approximate surface area is 93.5 Å². The van der Waals surface area contributed by atoms with Gasteiger partial charge in [0.15, 0.2) is 0 Å². The summed E-state index contributed by atoms with van der Waals surface area (Å²) >= 11 is 0. The Morgan fingerprint density at radius 3 is 2.81 bits per heavy atom. The third kappa shape index (κ3) is 1.98. The molecule has 0 bridgehead atoms. The third-order valence-electron chi connectivity index (χ3n) is 3.02. The minimum Gasteiger partial charge on any atom is -0.321 e. The van der Waals surface area contributed by atoms with Crippen LogP contribution in [-0.2, 0) is 0 Å². The van der Waals surface area contributed by atoms with Crippen LogP contribution in [0, 0.1) is 11.7 Å². The zero-order chi connectivity index (χ0) is 11.7. The number of hydrogen-bond donors (Lipinski definition) is 1. The molecule has 2 unspecified atom stereocenters. The number of pyridine rings is 1. The maximum Gasteiger partial charge on any atom is 0.323 e. The Kier molecular flexibility index (Phi) is 2.77. The average Bonchev–Trinajstić information content (AvgIpc) is 2.28. The molecule has 1 aliphatic rings. The van der Waals surface area contributed by atoms with E-state index in [1.807, 2.05) is 6.92 Å². The maximum absolute atomic E-state index is 12.6. The highest BCUT2D eigenvalue weighted by Gasteiger charge is 2.35. The smallest absolute Gasteiger partial charge is 0.321 e. The van der Waals surface area contributed by atoms with Crippen molar-refractivity contribution in [1.29, 1.82) is 0 Å². The number of likely N-dealkylation sites (tertiary alicyclic amines) is 1. The average molecular weight is 223 g/mol. The molecule has 2 amide bonds. The molecular weight excluding hydrogens is 209 g/mol. The number of urea groups is 1. The van der Waals surface area contributed by atoms with Crippen LogP contribution in [0.2, 0.25) is 0 Å². The molecule has 1 aromatic rings. The van der Waals surface area contributed by atoms with E-state index in [9.17, 15) is 9.18 Å². The zero-order valence-electron chi connectivity index (χ0n) is 9.27. The summed E-state index contributed by atoms with van der Waals surface area (Å²) in [6, 6.07) is 2.79. The van der Waals surface area contributed by atoms with Crippen LogP contribution in [-0.4, -0.2) is 28.5 Å². The summed E-state index contributed by atoms with van der Waals surface area (Å²) in [5.74, 6) is 0.494. The van der Waals surface area contributed by atoms with Crippen molar-refractivity contribution in [3.8, 4) is 0 Å². The van der Waals surface area contributed by atoms with E-state index in [4.69, 9.17) is 0 Å². The molecule has 2 heterocycles. The van der Waals surface area contributed by atoms with Gasteiger partial charge < -0.3 is 4.90 Å². The van der Waals surface area contributed by atoms with Gasteiger partial charge in [0.1, 0.15) is 11.6 Å². The number of anilines is 1. The van der Waals surface area contributed by atoms with Crippen molar-refractivity contribution in [2.75, 3.05) is 11.9 Å². The predicted octanol–water partition coefficient (Wildman–Crippen LogP) is 2.09. The lowest BCUT2D eigenvalue weighted by atomic mass is 9.93. The summed E-state index contributed by atoms with van der Waals surface area (Å²) in [5.41, 5.74) is 0. The van der Waals surface area contributed by atoms with Crippen LogP contribution in [0.25, 0.3) is 0 Å². The summed E-state index contributed by atoms with van der Waals surface area (Å²) in [7, 11) is 0. The van der Waals surface area contributed by atoms with Gasteiger partial charge in [-0.25, -0.2) is 14.2 Å². The van der Waals surface area contributed by atoms with E-state index in [1.54, 1.807) is 4.90 Å². The van der Waals surface area contributed by atoms with Crippen molar-refractivity contribution in [3.63, 3.8) is 0 Å². The van der Waals surface area contributed by atoms with E-state index in [0.29, 0.717) is 11.7 Å². The normalized spacial score (nSPS) is 23.8. The third-order valence-corrected chi connectivity index (χ3v) is 3.02. The molecule has 1 saturated heterocycles. The summed E-state index contributed by atoms with van der Waals surface area (Å²) in [4.78, 5) is 17.2. The number of nitrogens with one attached hydrogen (secondary N) is 1. The SMILES string of the molecule is CC1CN(C(=O)Nc2ccc(F)cn2)C1C. The van der Waals surface area contributed by atoms with E-state index < -0.39 is 5.82 Å². The minimum absolute atomic E-state index is 0.176. The highest BCUT2D eigenvalue weighted by Crippen LogP contribution is 2.24. The van der Waals surface area contributed by atoms with E-state index in [1.165, 1.54) is 12.1 Å². The van der Waals surface area contributed by atoms with Gasteiger partial charge in [0.05, 0.1) is 6.20 Å². The van der Waals surface area contributed by atoms with Crippen LogP contribution < -0.4 is 5.32 Å². The van der Waals surface area contributed by atoms with Crippen LogP contribution in [0.3, 0.4) is 0 Å². The summed E-state index contributed by atoms with van der Waals surface area (Å²) in [5, 5.41) is 2.63. The highest BCUT2D eigenvalue weighted by molar-refractivity contribution is 5.89. The second kappa shape index (κ2) is 4.08. The lowest BCUT2D eigenvalue weighted by Crippen LogP contribution is -2.57. The van der Waals surface area contributed by atoms with Gasteiger partial charge in [-0.2, -0.15) is 0 Å². The molecule has 2 atom stereocenters. The van der Waals surface area contributed by atoms with E-state index in [-0.39, 0.29) is 12.1 Å². The van der Waals surface area contributed by atoms with Crippen LogP contribution in [0.4, 0.5) is 15.0 Å². The van der Waals surface area contributed by atoms with Gasteiger partial charge in [-0.05, 0) is 25.0 Å². The molecule has 0 aromatic carbocycles. The molecule has 1 aromatic heterocycles. The number of aromatic nitrogens is 1. The van der Waals surface area contributed by atoms with E-state index >= 15 is 0 Å². The molecule has 1 fully saturated rings. The number of halogens is 1. The number of hydrogen-bond acceptors (Lipinski definition) is 2. The maximum atomic E-state index is 12.6. The highest BCUT2D eigenvalue weighted by atomic mass is 19.1. The van der Waals surface area contributed by atoms with Crippen molar-refractivity contribution >= 4 is 11.8 Å². The second-order valence-corrected chi connectivity index (χ2v) is 4.16. The molecular formula is C11H14FN3O. The molecule has 1 N–H and O–H groups in total. The number of nitrogens with zero attached hydrogens (tertiary/aromatic N) is 2. The van der Waals surface area contributed by atoms with Crippen molar-refractivity contribution in [2.45, 2.75) is 19.9 Å². The molecule has 16 heavy (non-hydrogen) atoms. The van der Waals surface area contributed by atoms with Gasteiger partial charge in [-0.15, -0.1) is 0 Å². The first-order valence-electron chi connectivity index (χ1n) is 5.27. The zero-order valence-corrected chi connectivity index (χ0v) is 9.27. The standard InChI is InChI=1S/C11H14FN3O/c1-7-6-15(8(7)2)11(16)14-10-4-3-9(12)5-13-10/h3-5,7-8H,6H2,1-2H3,(H,13,14,16). The largest absolute Gasteiger partial charge is 0.323 e. The van der Waals surface area contributed by atoms with Crippen LogP contribution in [0.5, 0.6) is 0 Å². The predicted molar refractivity (Wildman–Crippen MR) is 58.5 cm³/mol. The molecule has 0 spiro atoms. The molecule has 5 heteroatoms. The Balaban J connectivity index is 1.95. The molecule has 0 radical (unpaired) electrons. The summed E-state index contributed by atoms with van der Waals surface area (Å²) in [6.45, 7) is 4.87. The van der Waals surface area contributed by atoms with Crippen molar-refractivity contribution < 1.29 is 9.18 Å². The first kappa shape index (κ1) is 10.9. The van der Waals surface area contributed by atoms with Gasteiger partial charge in [-0.1, -0.05) is 6.92 Å². The number of amides is 2. The summed E-state index contributed by atoms with van der Waals surface area (Å²) < 4.78 is 12.6. The molecule has 2 rings (SSSR count). The first-order chi connectivity index (χ1) is 7.58. The fraction of sp³-hybridized carbons (Fsp3) is 0.455. The number of carbonyl (C=O) groups excluding carboxylic acids is 1. The lowest BCUT2D eigenvalue weighted by Gasteiger charge is -2.44. The van der Waals surface area contributed by atoms with Crippen LogP contribution >= 0.6 is 0 Å². The fourth-order valence-electron chi connectivity index (χ4n) is 1.70. The topological polar surface area (TPSA) is 45.2 Å². The Bertz CT molecular complexity index is 393. The Hall–Kier alpha value is -1.65. The first-order valence-corrected chi connectivity index (χ1v) is 5.27. The molecule has 4 nitrogen and oxygen atoms in total. The minimum atomic E-state index is -0.413. The number of carbonyl (C=O) groups is 1. The summed E-state index contributed by atoms with van der Waals surface area (Å²) in [6.07, 6.45) is 1.08. The van der Waals surface area contributed by atoms with E-state index in [0.717, 1.165) is 12.7 Å². The van der Waals surface area contributed by atoms with Crippen LogP contribution in [0.1, 0.15) is 13.8 Å². The molecule has 86 valence electrons. The van der Waals surface area contributed by atoms with Crippen LogP contribution in [0.15, 0.2) is 18.3 Å². The monoisotopic (exact) mass is 223 g/mol. The molecule has 0 aliphatic carbocycles. The Morgan fingerprint density at radius 1 is 1.56 bits per heavy atom. The van der Waals surface area contributed by atoms with Gasteiger partial charge in [0.2, 0.25) is 0 Å². The van der Waals surface area contributed by atoms with E-state index in [2.05, 4.69) is 17.2 Å².